The minimum atomic E-state index is -3.25. The highest BCUT2D eigenvalue weighted by Crippen LogP contribution is 2.29. The summed E-state index contributed by atoms with van der Waals surface area (Å²) in [5.41, 5.74) is 0.0164. The lowest BCUT2D eigenvalue weighted by molar-refractivity contribution is -0.380. The van der Waals surface area contributed by atoms with Gasteiger partial charge in [0.05, 0.1) is 10.5 Å². The van der Waals surface area contributed by atoms with E-state index in [9.17, 15) is 19.5 Å². The summed E-state index contributed by atoms with van der Waals surface area (Å²) in [5, 5.41) is 12.7. The van der Waals surface area contributed by atoms with E-state index in [4.69, 9.17) is 4.89 Å². The maximum absolute atomic E-state index is 12.0. The first-order valence-electron chi connectivity index (χ1n) is 5.38. The van der Waals surface area contributed by atoms with Gasteiger partial charge in [-0.05, 0) is 23.5 Å². The number of carbonyl (C=O) groups excluding carboxylic acids is 1. The van der Waals surface area contributed by atoms with Crippen LogP contribution in [0.15, 0.2) is 30.5 Å². The average Bonchev–Trinajstić information content (AvgIpc) is 2.87. The van der Waals surface area contributed by atoms with E-state index in [1.807, 2.05) is 0 Å². The molecule has 0 aliphatic rings. The minimum absolute atomic E-state index is 0.0164. The molecule has 0 spiro atoms. The lowest BCUT2D eigenvalue weighted by atomic mass is 10.2. The van der Waals surface area contributed by atoms with Crippen molar-refractivity contribution in [2.75, 3.05) is 5.32 Å². The van der Waals surface area contributed by atoms with Crippen molar-refractivity contribution < 1.29 is 23.7 Å². The van der Waals surface area contributed by atoms with Crippen LogP contribution < -0.4 is 9.84 Å². The van der Waals surface area contributed by atoms with Crippen molar-refractivity contribution in [2.24, 2.45) is 0 Å². The molecule has 0 saturated heterocycles. The van der Waals surface area contributed by atoms with Crippen molar-refractivity contribution in [3.05, 3.63) is 46.1 Å². The van der Waals surface area contributed by atoms with Gasteiger partial charge in [0.1, 0.15) is 11.9 Å². The zero-order valence-electron chi connectivity index (χ0n) is 10.2. The van der Waals surface area contributed by atoms with Crippen LogP contribution in [0, 0.1) is 10.1 Å². The Kier molecular flexibility index (Phi) is 4.63. The Bertz CT molecular complexity index is 718. The van der Waals surface area contributed by atoms with Gasteiger partial charge in [-0.2, -0.15) is 0 Å². The molecular formula is C10H8N3O6PS. The van der Waals surface area contributed by atoms with Crippen molar-refractivity contribution in [2.45, 2.75) is 0 Å². The van der Waals surface area contributed by atoms with Gasteiger partial charge in [-0.25, -0.2) is 9.55 Å². The van der Waals surface area contributed by atoms with E-state index in [0.29, 0.717) is 11.3 Å². The molecule has 1 atom stereocenters. The zero-order valence-corrected chi connectivity index (χ0v) is 12.0. The van der Waals surface area contributed by atoms with Gasteiger partial charge >= 0.3 is 13.3 Å². The molecule has 11 heteroatoms. The summed E-state index contributed by atoms with van der Waals surface area (Å²) in [7, 11) is -3.25. The molecule has 2 aromatic rings. The number of amides is 1. The Morgan fingerprint density at radius 1 is 1.48 bits per heavy atom. The Morgan fingerprint density at radius 2 is 2.19 bits per heavy atom. The van der Waals surface area contributed by atoms with E-state index in [1.165, 1.54) is 18.2 Å². The van der Waals surface area contributed by atoms with Crippen LogP contribution in [-0.2, 0) is 4.57 Å². The highest BCUT2D eigenvalue weighted by Gasteiger charge is 2.17. The third-order valence-electron chi connectivity index (χ3n) is 2.22. The van der Waals surface area contributed by atoms with Crippen LogP contribution in [-0.4, -0.2) is 20.7 Å². The van der Waals surface area contributed by atoms with Gasteiger partial charge in [0.15, 0.2) is 5.13 Å². The third kappa shape index (κ3) is 3.85. The summed E-state index contributed by atoms with van der Waals surface area (Å²) < 4.78 is 15.4. The number of hydrogen-bond acceptors (Lipinski definition) is 7. The summed E-state index contributed by atoms with van der Waals surface area (Å²) in [6.45, 7) is 0. The van der Waals surface area contributed by atoms with Gasteiger partial charge in [0, 0.05) is 0 Å². The van der Waals surface area contributed by atoms with Gasteiger partial charge in [0.25, 0.3) is 5.91 Å². The molecule has 21 heavy (non-hydrogen) atoms. The number of carbonyl (C=O) groups is 1. The molecule has 0 aliphatic carbocycles. The molecule has 9 nitrogen and oxygen atoms in total. The van der Waals surface area contributed by atoms with E-state index in [0.717, 1.165) is 6.20 Å². The van der Waals surface area contributed by atoms with E-state index < -0.39 is 19.1 Å². The maximum atomic E-state index is 12.0. The zero-order chi connectivity index (χ0) is 15.4. The Morgan fingerprint density at radius 3 is 2.81 bits per heavy atom. The predicted octanol–water partition coefficient (Wildman–Crippen LogP) is 2.06. The number of nitrogens with one attached hydrogen (secondary N) is 1. The average molecular weight is 329 g/mol. The van der Waals surface area contributed by atoms with Crippen molar-refractivity contribution in [3.8, 4) is 5.75 Å². The molecule has 1 amide bonds. The normalized spacial score (nSPS) is 11.7. The molecule has 0 saturated carbocycles. The van der Waals surface area contributed by atoms with Crippen molar-refractivity contribution in [3.63, 3.8) is 0 Å². The van der Waals surface area contributed by atoms with Gasteiger partial charge in [0.2, 0.25) is 0 Å². The van der Waals surface area contributed by atoms with E-state index in [2.05, 4.69) is 14.8 Å². The first kappa shape index (κ1) is 15.1. The lowest BCUT2D eigenvalue weighted by Gasteiger charge is -2.07. The largest absolute Gasteiger partial charge is 0.425 e. The topological polar surface area (TPSA) is 132 Å². The fourth-order valence-corrected chi connectivity index (χ4v) is 2.40. The highest BCUT2D eigenvalue weighted by atomic mass is 32.1. The summed E-state index contributed by atoms with van der Waals surface area (Å²) in [4.78, 5) is 34.4. The molecule has 1 aromatic heterocycles. The first-order valence-corrected chi connectivity index (χ1v) is 7.47. The van der Waals surface area contributed by atoms with Crippen molar-refractivity contribution in [1.82, 2.24) is 4.98 Å². The predicted molar refractivity (Wildman–Crippen MR) is 75.0 cm³/mol. The van der Waals surface area contributed by atoms with Crippen LogP contribution >= 0.6 is 19.6 Å². The molecule has 2 rings (SSSR count). The lowest BCUT2D eigenvalue weighted by Crippen LogP contribution is -2.12. The van der Waals surface area contributed by atoms with Gasteiger partial charge in [-0.3, -0.25) is 20.2 Å². The SMILES string of the molecule is O=C(Nc1ncc([N+](=O)[O-])s1)c1ccccc1O[PH](=O)O. The second kappa shape index (κ2) is 6.44. The molecule has 0 fully saturated rings. The molecule has 110 valence electrons. The number of nitro groups is 1. The minimum Gasteiger partial charge on any atom is -0.425 e. The van der Waals surface area contributed by atoms with Crippen LogP contribution in [0.5, 0.6) is 5.75 Å². The number of para-hydroxylation sites is 1. The molecule has 1 aromatic carbocycles. The van der Waals surface area contributed by atoms with E-state index >= 15 is 0 Å². The summed E-state index contributed by atoms with van der Waals surface area (Å²) >= 11 is 0.696. The van der Waals surface area contributed by atoms with Crippen LogP contribution in [0.3, 0.4) is 0 Å². The number of hydrogen-bond donors (Lipinski definition) is 2. The number of anilines is 1. The van der Waals surface area contributed by atoms with Crippen LogP contribution in [0.1, 0.15) is 10.4 Å². The number of nitrogens with zero attached hydrogens (tertiary/aromatic N) is 2. The van der Waals surface area contributed by atoms with Crippen molar-refractivity contribution >= 4 is 35.6 Å². The fraction of sp³-hybridized carbons (Fsp3) is 0. The van der Waals surface area contributed by atoms with E-state index in [-0.39, 0.29) is 21.4 Å². The van der Waals surface area contributed by atoms with Gasteiger partial charge in [-0.1, -0.05) is 12.1 Å². The first-order chi connectivity index (χ1) is 9.97. The molecule has 0 bridgehead atoms. The smallest absolute Gasteiger partial charge is 0.365 e. The Hall–Kier alpha value is -2.29. The maximum Gasteiger partial charge on any atom is 0.365 e. The number of benzene rings is 1. The number of aromatic nitrogens is 1. The molecule has 2 N–H and O–H groups in total. The number of thiazole rings is 1. The second-order valence-corrected chi connectivity index (χ2v) is 5.32. The van der Waals surface area contributed by atoms with Crippen LogP contribution in [0.25, 0.3) is 0 Å². The fourth-order valence-electron chi connectivity index (χ4n) is 1.41. The van der Waals surface area contributed by atoms with Gasteiger partial charge in [-0.15, -0.1) is 0 Å². The Labute approximate surface area is 122 Å². The Balaban J connectivity index is 2.19. The molecular weight excluding hydrogens is 321 g/mol. The summed E-state index contributed by atoms with van der Waals surface area (Å²) in [5.74, 6) is -0.717. The second-order valence-electron chi connectivity index (χ2n) is 3.58. The van der Waals surface area contributed by atoms with E-state index in [1.54, 1.807) is 6.07 Å². The standard InChI is InChI=1S/C10H8N3O6PS/c14-9(12-10-11-5-8(21-10)13(15)16)6-3-1-2-4-7(6)19-20(17)18/h1-5,20H,(H,17,18)(H,11,12,14). The molecule has 1 unspecified atom stereocenters. The highest BCUT2D eigenvalue weighted by molar-refractivity contribution is 7.32. The molecule has 0 aliphatic heterocycles. The monoisotopic (exact) mass is 329 g/mol. The van der Waals surface area contributed by atoms with Gasteiger partial charge < -0.3 is 9.42 Å². The molecule has 1 heterocycles. The van der Waals surface area contributed by atoms with Crippen LogP contribution in [0.2, 0.25) is 0 Å². The number of rotatable bonds is 5. The summed E-state index contributed by atoms with van der Waals surface area (Å²) in [6.07, 6.45) is 1.02. The van der Waals surface area contributed by atoms with Crippen molar-refractivity contribution in [1.29, 1.82) is 0 Å². The summed E-state index contributed by atoms with van der Waals surface area (Å²) in [6, 6.07) is 5.82. The molecule has 0 radical (unpaired) electrons. The quantitative estimate of drug-likeness (QED) is 0.487. The van der Waals surface area contributed by atoms with Crippen LogP contribution in [0.4, 0.5) is 10.1 Å². The third-order valence-corrected chi connectivity index (χ3v) is 3.48.